The van der Waals surface area contributed by atoms with Crippen molar-refractivity contribution in [2.45, 2.75) is 12.1 Å². The summed E-state index contributed by atoms with van der Waals surface area (Å²) in [5, 5.41) is 12.6. The van der Waals surface area contributed by atoms with E-state index < -0.39 is 6.10 Å². The quantitative estimate of drug-likeness (QED) is 0.562. The fraction of sp³-hybridized carbons (Fsp3) is 0.353. The van der Waals surface area contributed by atoms with E-state index in [4.69, 9.17) is 17.0 Å². The molecule has 0 bridgehead atoms. The van der Waals surface area contributed by atoms with Gasteiger partial charge in [-0.25, -0.2) is 0 Å². The second-order valence-electron chi connectivity index (χ2n) is 5.79. The van der Waals surface area contributed by atoms with Crippen LogP contribution in [0.25, 0.3) is 6.08 Å². The summed E-state index contributed by atoms with van der Waals surface area (Å²) in [4.78, 5) is 26.6. The van der Waals surface area contributed by atoms with Crippen molar-refractivity contribution in [1.82, 2.24) is 10.2 Å². The summed E-state index contributed by atoms with van der Waals surface area (Å²) in [5.74, 6) is 1.30. The Morgan fingerprint density at radius 1 is 1.46 bits per heavy atom. The zero-order valence-corrected chi connectivity index (χ0v) is 16.5. The Morgan fingerprint density at radius 3 is 2.92 bits per heavy atom. The number of hydrogen-bond donors (Lipinski definition) is 2. The van der Waals surface area contributed by atoms with Gasteiger partial charge in [-0.15, -0.1) is 0 Å². The third kappa shape index (κ3) is 4.22. The summed E-state index contributed by atoms with van der Waals surface area (Å²) in [6, 6.07) is 7.08. The van der Waals surface area contributed by atoms with Gasteiger partial charge in [0.2, 0.25) is 5.91 Å². The summed E-state index contributed by atoms with van der Waals surface area (Å²) in [5.41, 5.74) is 0.769. The zero-order valence-electron chi connectivity index (χ0n) is 14.0. The maximum Gasteiger partial charge on any atom is 0.266 e. The molecule has 138 valence electrons. The molecule has 0 aromatic heterocycles. The van der Waals surface area contributed by atoms with Gasteiger partial charge in [0.25, 0.3) is 5.91 Å². The number of aliphatic hydroxyl groups excluding tert-OH is 1. The molecule has 2 aliphatic heterocycles. The highest BCUT2D eigenvalue weighted by Crippen LogP contribution is 2.34. The molecule has 2 N–H and O–H groups in total. The Morgan fingerprint density at radius 2 is 2.23 bits per heavy atom. The summed E-state index contributed by atoms with van der Waals surface area (Å²) < 4.78 is 5.63. The number of hydrogen-bond acceptors (Lipinski definition) is 7. The van der Waals surface area contributed by atoms with Crippen LogP contribution in [0.15, 0.2) is 29.2 Å². The second-order valence-corrected chi connectivity index (χ2v) is 8.54. The van der Waals surface area contributed by atoms with Crippen LogP contribution < -0.4 is 10.1 Å². The molecule has 3 rings (SSSR count). The first-order chi connectivity index (χ1) is 12.5. The number of rotatable bonds is 5. The number of thiocarbonyl (C=S) groups is 1. The molecule has 0 saturated carbocycles. The maximum absolute atomic E-state index is 12.6. The lowest BCUT2D eigenvalue weighted by Crippen LogP contribution is -2.47. The predicted molar refractivity (Wildman–Crippen MR) is 108 cm³/mol. The van der Waals surface area contributed by atoms with Crippen molar-refractivity contribution in [3.8, 4) is 5.75 Å². The maximum atomic E-state index is 12.6. The van der Waals surface area contributed by atoms with Crippen molar-refractivity contribution in [1.29, 1.82) is 0 Å². The van der Waals surface area contributed by atoms with Gasteiger partial charge in [0, 0.05) is 17.1 Å². The summed E-state index contributed by atoms with van der Waals surface area (Å²) in [6.07, 6.45) is 1.16. The Balaban J connectivity index is 1.68. The number of nitrogens with zero attached hydrogens (tertiary/aromatic N) is 1. The molecule has 2 amide bonds. The number of aliphatic hydroxyl groups is 1. The first-order valence-electron chi connectivity index (χ1n) is 7.93. The third-order valence-electron chi connectivity index (χ3n) is 4.00. The average molecular weight is 411 g/mol. The van der Waals surface area contributed by atoms with Crippen molar-refractivity contribution in [3.05, 3.63) is 34.7 Å². The molecule has 0 unspecified atom stereocenters. The van der Waals surface area contributed by atoms with E-state index in [2.05, 4.69) is 5.32 Å². The smallest absolute Gasteiger partial charge is 0.266 e. The summed E-state index contributed by atoms with van der Waals surface area (Å²) >= 11 is 8.00. The van der Waals surface area contributed by atoms with Gasteiger partial charge in [-0.2, -0.15) is 11.8 Å². The van der Waals surface area contributed by atoms with Crippen LogP contribution >= 0.6 is 35.7 Å². The lowest BCUT2D eigenvalue weighted by Gasteiger charge is -2.18. The minimum Gasteiger partial charge on any atom is -0.496 e. The van der Waals surface area contributed by atoms with Crippen LogP contribution in [0.2, 0.25) is 0 Å². The van der Waals surface area contributed by atoms with Gasteiger partial charge in [-0.1, -0.05) is 42.2 Å². The van der Waals surface area contributed by atoms with E-state index in [-0.39, 0.29) is 24.4 Å². The molecule has 2 atom stereocenters. The number of methoxy groups -OCH3 is 1. The van der Waals surface area contributed by atoms with Crippen LogP contribution in [-0.4, -0.2) is 63.4 Å². The van der Waals surface area contributed by atoms with Gasteiger partial charge in [0.05, 0.1) is 24.2 Å². The number of nitrogens with one attached hydrogen (secondary N) is 1. The van der Waals surface area contributed by atoms with Crippen LogP contribution in [0.5, 0.6) is 5.75 Å². The number of ether oxygens (including phenoxy) is 1. The standard InChI is InChI=1S/C17H18N2O4S3/c1-23-13-5-3-2-4-10(13)6-14-16(22)19(17(24)26-14)7-15(21)18-11-8-25-9-12(11)20/h2-6,11-12,20H,7-9H2,1H3,(H,18,21)/b14-6-/t11-,12-/m1/s1. The first-order valence-corrected chi connectivity index (χ1v) is 10.3. The van der Waals surface area contributed by atoms with Crippen LogP contribution in [0.4, 0.5) is 0 Å². The fourth-order valence-corrected chi connectivity index (χ4v) is 5.06. The number of para-hydroxylation sites is 1. The molecule has 1 aromatic carbocycles. The summed E-state index contributed by atoms with van der Waals surface area (Å²) in [7, 11) is 1.57. The normalized spacial score (nSPS) is 24.4. The van der Waals surface area contributed by atoms with Gasteiger partial charge < -0.3 is 15.2 Å². The second kappa shape index (κ2) is 8.43. The van der Waals surface area contributed by atoms with Crippen molar-refractivity contribution in [3.63, 3.8) is 0 Å². The van der Waals surface area contributed by atoms with Gasteiger partial charge >= 0.3 is 0 Å². The number of carbonyl (C=O) groups excluding carboxylic acids is 2. The number of benzene rings is 1. The first kappa shape index (κ1) is 19.2. The number of thioether (sulfide) groups is 2. The van der Waals surface area contributed by atoms with Crippen LogP contribution in [-0.2, 0) is 9.59 Å². The highest BCUT2D eigenvalue weighted by molar-refractivity contribution is 8.26. The van der Waals surface area contributed by atoms with Crippen molar-refractivity contribution in [2.75, 3.05) is 25.2 Å². The highest BCUT2D eigenvalue weighted by Gasteiger charge is 2.35. The van der Waals surface area contributed by atoms with E-state index in [1.165, 1.54) is 4.90 Å². The van der Waals surface area contributed by atoms with E-state index in [0.717, 1.165) is 17.3 Å². The molecular formula is C17H18N2O4S3. The predicted octanol–water partition coefficient (Wildman–Crippen LogP) is 1.49. The van der Waals surface area contributed by atoms with E-state index in [9.17, 15) is 14.7 Å². The Bertz CT molecular complexity index is 768. The molecule has 6 nitrogen and oxygen atoms in total. The van der Waals surface area contributed by atoms with Gasteiger partial charge in [-0.05, 0) is 12.1 Å². The van der Waals surface area contributed by atoms with Crippen molar-refractivity contribution in [2.24, 2.45) is 0 Å². The van der Waals surface area contributed by atoms with Gasteiger partial charge in [0.15, 0.2) is 0 Å². The molecule has 2 fully saturated rings. The van der Waals surface area contributed by atoms with E-state index >= 15 is 0 Å². The molecule has 0 aliphatic carbocycles. The molecule has 0 radical (unpaired) electrons. The molecule has 2 heterocycles. The topological polar surface area (TPSA) is 78.9 Å². The van der Waals surface area contributed by atoms with Crippen LogP contribution in [0, 0.1) is 0 Å². The SMILES string of the molecule is COc1ccccc1/C=C1\SC(=S)N(CC(=O)N[C@@H]2CSC[C@H]2O)C1=O. The Labute approximate surface area is 165 Å². The minimum absolute atomic E-state index is 0.151. The molecule has 26 heavy (non-hydrogen) atoms. The fourth-order valence-electron chi connectivity index (χ4n) is 2.64. The van der Waals surface area contributed by atoms with E-state index in [0.29, 0.717) is 26.5 Å². The lowest BCUT2D eigenvalue weighted by atomic mass is 10.2. The van der Waals surface area contributed by atoms with Crippen LogP contribution in [0.3, 0.4) is 0 Å². The van der Waals surface area contributed by atoms with E-state index in [1.54, 1.807) is 24.9 Å². The Hall–Kier alpha value is -1.55. The van der Waals surface area contributed by atoms with Crippen molar-refractivity contribution < 1.29 is 19.4 Å². The zero-order chi connectivity index (χ0) is 18.7. The molecule has 2 aliphatic rings. The third-order valence-corrected chi connectivity index (χ3v) is 6.55. The van der Waals surface area contributed by atoms with Gasteiger partial charge in [-0.3, -0.25) is 14.5 Å². The minimum atomic E-state index is -0.555. The summed E-state index contributed by atoms with van der Waals surface area (Å²) in [6.45, 7) is -0.151. The highest BCUT2D eigenvalue weighted by atomic mass is 32.2. The molecule has 9 heteroatoms. The number of amides is 2. The monoisotopic (exact) mass is 410 g/mol. The average Bonchev–Trinajstić information content (AvgIpc) is 3.13. The molecule has 0 spiro atoms. The lowest BCUT2D eigenvalue weighted by molar-refractivity contribution is -0.129. The van der Waals surface area contributed by atoms with E-state index in [1.807, 2.05) is 24.3 Å². The molecular weight excluding hydrogens is 392 g/mol. The van der Waals surface area contributed by atoms with Crippen LogP contribution in [0.1, 0.15) is 5.56 Å². The molecule has 2 saturated heterocycles. The molecule has 1 aromatic rings. The largest absolute Gasteiger partial charge is 0.496 e. The van der Waals surface area contributed by atoms with Crippen molar-refractivity contribution >= 4 is 58.0 Å². The van der Waals surface area contributed by atoms with Gasteiger partial charge in [0.1, 0.15) is 16.6 Å². The Kier molecular flexibility index (Phi) is 6.23. The number of carbonyl (C=O) groups is 2.